The first-order chi connectivity index (χ1) is 21.9. The van der Waals surface area contributed by atoms with Gasteiger partial charge in [-0.25, -0.2) is 30.0 Å². The first kappa shape index (κ1) is 25.1. The average Bonchev–Trinajstić information content (AvgIpc) is 3.93. The number of nitrogens with one attached hydrogen (secondary N) is 3. The number of rotatable bonds is 7. The van der Waals surface area contributed by atoms with E-state index in [1.807, 2.05) is 45.4 Å². The number of aromatic nitrogens is 14. The van der Waals surface area contributed by atoms with Crippen LogP contribution in [0.2, 0.25) is 0 Å². The van der Waals surface area contributed by atoms with Gasteiger partial charge in [0.05, 0.1) is 11.9 Å². The lowest BCUT2D eigenvalue weighted by Gasteiger charge is -2.43. The molecule has 0 aromatic carbocycles. The maximum absolute atomic E-state index is 4.88. The van der Waals surface area contributed by atoms with Crippen molar-refractivity contribution in [2.24, 2.45) is 0 Å². The molecule has 44 heavy (non-hydrogen) atoms. The maximum atomic E-state index is 4.88. The number of hydrogen-bond donors (Lipinski definition) is 3. The van der Waals surface area contributed by atoms with Gasteiger partial charge in [0, 0.05) is 55.8 Å². The van der Waals surface area contributed by atoms with Gasteiger partial charge in [0.15, 0.2) is 5.82 Å². The molecule has 7 aromatic rings. The van der Waals surface area contributed by atoms with Crippen molar-refractivity contribution in [2.75, 3.05) is 14.9 Å². The van der Waals surface area contributed by atoms with Crippen molar-refractivity contribution in [3.05, 3.63) is 134 Å². The Morgan fingerprint density at radius 2 is 1.52 bits per heavy atom. The van der Waals surface area contributed by atoms with Gasteiger partial charge in [-0.15, -0.1) is 0 Å². The molecule has 8 rings (SSSR count). The lowest BCUT2D eigenvalue weighted by molar-refractivity contribution is 0.417. The zero-order valence-corrected chi connectivity index (χ0v) is 22.7. The van der Waals surface area contributed by atoms with Crippen LogP contribution >= 0.6 is 0 Å². The van der Waals surface area contributed by atoms with Crippen LogP contribution in [-0.4, -0.2) is 70.2 Å². The molecule has 0 aliphatic carbocycles. The zero-order valence-electron chi connectivity index (χ0n) is 22.7. The Balaban J connectivity index is 1.65. The van der Waals surface area contributed by atoms with Crippen molar-refractivity contribution in [1.29, 1.82) is 0 Å². The average molecular weight is 584 g/mol. The Morgan fingerprint density at radius 1 is 0.614 bits per heavy atom. The minimum Gasteiger partial charge on any atom is -0.347 e. The Bertz CT molecular complexity index is 1920. The van der Waals surface area contributed by atoms with Crippen LogP contribution < -0.4 is 14.9 Å². The van der Waals surface area contributed by atoms with E-state index in [-0.39, 0.29) is 11.9 Å². The molecule has 0 amide bonds. The van der Waals surface area contributed by atoms with Gasteiger partial charge in [0.1, 0.15) is 29.9 Å². The van der Waals surface area contributed by atoms with Crippen molar-refractivity contribution in [2.45, 2.75) is 11.3 Å². The third-order valence-electron chi connectivity index (χ3n) is 7.25. The predicted molar refractivity (Wildman–Crippen MR) is 153 cm³/mol. The van der Waals surface area contributed by atoms with E-state index >= 15 is 0 Å². The summed E-state index contributed by atoms with van der Waals surface area (Å²) in [5.41, 5.74) is -1.55. The van der Waals surface area contributed by atoms with Crippen LogP contribution in [0.3, 0.4) is 0 Å². The van der Waals surface area contributed by atoms with Gasteiger partial charge in [-0.3, -0.25) is 20.0 Å². The molecule has 1 fully saturated rings. The van der Waals surface area contributed by atoms with E-state index in [0.29, 0.717) is 28.7 Å². The molecule has 3 N–H and O–H groups in total. The second-order valence-electron chi connectivity index (χ2n) is 9.45. The summed E-state index contributed by atoms with van der Waals surface area (Å²) in [5.74, 6) is 1.56. The molecule has 2 unspecified atom stereocenters. The molecule has 1 saturated heterocycles. The molecule has 0 bridgehead atoms. The van der Waals surface area contributed by atoms with E-state index in [1.165, 1.54) is 12.7 Å². The summed E-state index contributed by atoms with van der Waals surface area (Å²) in [6.45, 7) is 0. The fourth-order valence-electron chi connectivity index (χ4n) is 5.74. The van der Waals surface area contributed by atoms with Gasteiger partial charge in [-0.1, -0.05) is 0 Å². The lowest BCUT2D eigenvalue weighted by Crippen LogP contribution is -2.58. The summed E-state index contributed by atoms with van der Waals surface area (Å²) in [5, 5.41) is 20.3. The van der Waals surface area contributed by atoms with Gasteiger partial charge in [0.2, 0.25) is 17.3 Å². The van der Waals surface area contributed by atoms with Gasteiger partial charge in [0.25, 0.3) is 5.95 Å². The first-order valence-electron chi connectivity index (χ1n) is 13.3. The van der Waals surface area contributed by atoms with E-state index in [1.54, 1.807) is 67.9 Å². The summed E-state index contributed by atoms with van der Waals surface area (Å²) in [7, 11) is 0. The van der Waals surface area contributed by atoms with Gasteiger partial charge < -0.3 is 9.97 Å². The number of hydrogen-bond acceptors (Lipinski definition) is 14. The normalized spacial score (nSPS) is 19.9. The molecule has 7 aromatic heterocycles. The van der Waals surface area contributed by atoms with Gasteiger partial charge in [-0.05, 0) is 36.4 Å². The molecule has 1 aliphatic heterocycles. The molecule has 8 heterocycles. The monoisotopic (exact) mass is 583 g/mol. The third kappa shape index (κ3) is 3.43. The second kappa shape index (κ2) is 10.0. The number of imidazole rings is 1. The van der Waals surface area contributed by atoms with Crippen LogP contribution in [0.4, 0.5) is 17.7 Å². The highest BCUT2D eigenvalue weighted by Crippen LogP contribution is 2.58. The number of hydrazine groups is 1. The molecular weight excluding hydrogens is 562 g/mol. The van der Waals surface area contributed by atoms with Gasteiger partial charge in [-0.2, -0.15) is 25.3 Å². The number of aromatic amines is 3. The van der Waals surface area contributed by atoms with E-state index < -0.39 is 11.3 Å². The second-order valence-corrected chi connectivity index (χ2v) is 9.45. The fourth-order valence-corrected chi connectivity index (χ4v) is 5.74. The lowest BCUT2D eigenvalue weighted by atomic mass is 9.94. The Hall–Kier alpha value is -6.65. The van der Waals surface area contributed by atoms with Crippen molar-refractivity contribution in [1.82, 2.24) is 70.2 Å². The van der Waals surface area contributed by atoms with Gasteiger partial charge >= 0.3 is 0 Å². The smallest absolute Gasteiger partial charge is 0.250 e. The van der Waals surface area contributed by atoms with Crippen LogP contribution in [0.1, 0.15) is 22.9 Å². The largest absolute Gasteiger partial charge is 0.347 e. The SMILES string of the molecule is c1cnc(N2C(c3cnccn3)(c3ccn[nH]3)N(c3ccc[nH]3)N(c3ncncn3)C2(c2cccnn2)c2ncc[nH]2)nc1. The van der Waals surface area contributed by atoms with Crippen molar-refractivity contribution >= 4 is 17.7 Å². The van der Waals surface area contributed by atoms with Crippen molar-refractivity contribution in [3.63, 3.8) is 0 Å². The topological polar surface area (TPSA) is 199 Å². The number of H-pyrrole nitrogens is 3. The van der Waals surface area contributed by atoms with Crippen LogP contribution in [0.25, 0.3) is 0 Å². The predicted octanol–water partition coefficient (Wildman–Crippen LogP) is 1.57. The highest BCUT2D eigenvalue weighted by Gasteiger charge is 2.73. The van der Waals surface area contributed by atoms with E-state index in [9.17, 15) is 0 Å². The summed E-state index contributed by atoms with van der Waals surface area (Å²) in [6, 6.07) is 11.0. The Labute approximate surface area is 248 Å². The highest BCUT2D eigenvalue weighted by atomic mass is 15.9. The van der Waals surface area contributed by atoms with Crippen LogP contribution in [0, 0.1) is 0 Å². The van der Waals surface area contributed by atoms with E-state index in [4.69, 9.17) is 19.9 Å². The fraction of sp³-hybridized carbons (Fsp3) is 0.0741. The summed E-state index contributed by atoms with van der Waals surface area (Å²) in [6.07, 6.45) is 19.5. The summed E-state index contributed by atoms with van der Waals surface area (Å²) >= 11 is 0. The Kier molecular flexibility index (Phi) is 5.71. The standard InChI is InChI=1S/C27H21N17/c1-4-19(40-38-10-1)27(23-32-14-15-33-23)42(24-34-8-3-9-35-24)26(20-6-11-39-41-20,21-16-28-12-13-30-21)43(22-5-2-7-31-22)44(27)25-36-17-29-18-37-25/h1-18,31H,(H,32,33)(H,39,41). The third-order valence-corrected chi connectivity index (χ3v) is 7.25. The van der Waals surface area contributed by atoms with Crippen molar-refractivity contribution in [3.8, 4) is 0 Å². The molecule has 0 saturated carbocycles. The van der Waals surface area contributed by atoms with E-state index in [2.05, 4.69) is 50.3 Å². The molecular formula is C27H21N17. The minimum atomic E-state index is -1.56. The Morgan fingerprint density at radius 3 is 2.20 bits per heavy atom. The van der Waals surface area contributed by atoms with Crippen LogP contribution in [0.5, 0.6) is 0 Å². The molecule has 17 nitrogen and oxygen atoms in total. The number of nitrogens with zero attached hydrogens (tertiary/aromatic N) is 14. The van der Waals surface area contributed by atoms with E-state index in [0.717, 1.165) is 0 Å². The summed E-state index contributed by atoms with van der Waals surface area (Å²) in [4.78, 5) is 45.8. The molecule has 17 heteroatoms. The van der Waals surface area contributed by atoms with Crippen LogP contribution in [0.15, 0.2) is 111 Å². The first-order valence-corrected chi connectivity index (χ1v) is 13.3. The molecule has 214 valence electrons. The molecule has 1 aliphatic rings. The molecule has 0 spiro atoms. The van der Waals surface area contributed by atoms with Crippen LogP contribution in [-0.2, 0) is 11.3 Å². The maximum Gasteiger partial charge on any atom is 0.250 e. The van der Waals surface area contributed by atoms with Crippen molar-refractivity contribution < 1.29 is 0 Å². The number of anilines is 3. The minimum absolute atomic E-state index is 0.239. The zero-order chi connectivity index (χ0) is 29.4. The molecule has 0 radical (unpaired) electrons. The highest BCUT2D eigenvalue weighted by molar-refractivity contribution is 5.73. The quantitative estimate of drug-likeness (QED) is 0.244. The summed E-state index contributed by atoms with van der Waals surface area (Å²) < 4.78 is 0. The molecule has 2 atom stereocenters.